The van der Waals surface area contributed by atoms with E-state index in [1.165, 1.54) is 6.92 Å². The fourth-order valence-corrected chi connectivity index (χ4v) is 7.77. The lowest BCUT2D eigenvalue weighted by molar-refractivity contribution is -0.318. The minimum atomic E-state index is -1.37. The largest absolute Gasteiger partial charge is 0.463 e. The first-order valence-corrected chi connectivity index (χ1v) is 15.9. The van der Waals surface area contributed by atoms with Gasteiger partial charge in [-0.05, 0) is 43.1 Å². The first kappa shape index (κ1) is 36.3. The molecule has 0 bridgehead atoms. The maximum atomic E-state index is 12.3. The highest BCUT2D eigenvalue weighted by Gasteiger charge is 2.59. The average Bonchev–Trinajstić information content (AvgIpc) is 3.39. The maximum Gasteiger partial charge on any atom is 0.338 e. The van der Waals surface area contributed by atoms with Gasteiger partial charge in [-0.25, -0.2) is 4.79 Å². The number of hydrogen-bond donors (Lipinski definition) is 1. The molecule has 0 aromatic rings. The topological polar surface area (TPSA) is 170 Å². The molecule has 2 aliphatic carbocycles. The lowest BCUT2D eigenvalue weighted by Gasteiger charge is -2.60. The fraction of sp³-hybridized carbons (Fsp3) is 0.676. The summed E-state index contributed by atoms with van der Waals surface area (Å²) in [5.74, 6) is -3.37. The van der Waals surface area contributed by atoms with E-state index in [-0.39, 0.29) is 43.0 Å². The summed E-state index contributed by atoms with van der Waals surface area (Å²) >= 11 is 0. The Morgan fingerprint density at radius 3 is 2.21 bits per heavy atom. The van der Waals surface area contributed by atoms with Crippen LogP contribution in [0.15, 0.2) is 36.0 Å². The van der Waals surface area contributed by atoms with Crippen LogP contribution in [0.1, 0.15) is 67.2 Å². The maximum absolute atomic E-state index is 12.3. The van der Waals surface area contributed by atoms with Crippen molar-refractivity contribution in [1.29, 1.82) is 0 Å². The minimum Gasteiger partial charge on any atom is -0.463 e. The summed E-state index contributed by atoms with van der Waals surface area (Å²) in [6, 6.07) is 0. The van der Waals surface area contributed by atoms with Gasteiger partial charge in [0, 0.05) is 39.0 Å². The van der Waals surface area contributed by atoms with Gasteiger partial charge in [-0.2, -0.15) is 0 Å². The smallest absolute Gasteiger partial charge is 0.338 e. The van der Waals surface area contributed by atoms with Crippen LogP contribution in [0.5, 0.6) is 0 Å². The zero-order chi connectivity index (χ0) is 34.7. The van der Waals surface area contributed by atoms with Crippen LogP contribution in [0.3, 0.4) is 0 Å². The van der Waals surface area contributed by atoms with E-state index in [9.17, 15) is 29.1 Å². The molecule has 2 aliphatic heterocycles. The molecule has 4 rings (SSSR count). The number of ether oxygens (including phenoxy) is 7. The van der Waals surface area contributed by atoms with Crippen molar-refractivity contribution in [3.05, 3.63) is 36.0 Å². The molecule has 13 heteroatoms. The Morgan fingerprint density at radius 2 is 1.62 bits per heavy atom. The van der Waals surface area contributed by atoms with E-state index in [1.807, 2.05) is 13.0 Å². The van der Waals surface area contributed by atoms with Gasteiger partial charge in [0.05, 0.1) is 18.3 Å². The van der Waals surface area contributed by atoms with Crippen LogP contribution >= 0.6 is 0 Å². The number of hydrogen-bond acceptors (Lipinski definition) is 13. The van der Waals surface area contributed by atoms with E-state index in [2.05, 4.69) is 13.5 Å². The van der Waals surface area contributed by atoms with Gasteiger partial charge in [0.1, 0.15) is 19.3 Å². The number of rotatable bonds is 10. The molecule has 1 saturated heterocycles. The van der Waals surface area contributed by atoms with E-state index < -0.39 is 66.1 Å². The van der Waals surface area contributed by atoms with Crippen molar-refractivity contribution < 1.29 is 62.2 Å². The normalized spacial score (nSPS) is 37.0. The van der Waals surface area contributed by atoms with Crippen molar-refractivity contribution in [2.24, 2.45) is 22.7 Å². The second-order valence-electron chi connectivity index (χ2n) is 13.3. The molecular formula is C34H46O13. The summed E-state index contributed by atoms with van der Waals surface area (Å²) in [6.45, 7) is 12.9. The summed E-state index contributed by atoms with van der Waals surface area (Å²) in [6.07, 6.45) is 0.798. The second-order valence-corrected chi connectivity index (χ2v) is 13.3. The summed E-state index contributed by atoms with van der Waals surface area (Å²) in [7, 11) is 0. The second kappa shape index (κ2) is 14.7. The van der Waals surface area contributed by atoms with Gasteiger partial charge in [-0.15, -0.1) is 0 Å². The molecule has 10 atom stereocenters. The van der Waals surface area contributed by atoms with Crippen LogP contribution in [0.4, 0.5) is 0 Å². The molecule has 0 aromatic carbocycles. The third-order valence-electron chi connectivity index (χ3n) is 9.94. The quantitative estimate of drug-likeness (QED) is 0.206. The molecule has 2 heterocycles. The summed E-state index contributed by atoms with van der Waals surface area (Å²) < 4.78 is 39.3. The van der Waals surface area contributed by atoms with Crippen molar-refractivity contribution in [2.75, 3.05) is 19.8 Å². The molecule has 47 heavy (non-hydrogen) atoms. The van der Waals surface area contributed by atoms with Crippen LogP contribution in [-0.2, 0) is 57.1 Å². The molecular weight excluding hydrogens is 616 g/mol. The number of esters is 5. The van der Waals surface area contributed by atoms with Crippen LogP contribution in [-0.4, -0.2) is 91.6 Å². The van der Waals surface area contributed by atoms with Crippen LogP contribution in [0, 0.1) is 22.7 Å². The number of fused-ring (bicyclic) bond motifs is 1. The Hall–Kier alpha value is -3.55. The first-order valence-electron chi connectivity index (χ1n) is 15.9. The molecule has 0 aromatic heterocycles. The molecule has 0 unspecified atom stereocenters. The van der Waals surface area contributed by atoms with E-state index in [1.54, 1.807) is 12.2 Å². The fourth-order valence-electron chi connectivity index (χ4n) is 7.77. The third kappa shape index (κ3) is 7.95. The van der Waals surface area contributed by atoms with Gasteiger partial charge in [0.15, 0.2) is 24.6 Å². The molecule has 260 valence electrons. The van der Waals surface area contributed by atoms with Gasteiger partial charge in [0.25, 0.3) is 0 Å². The molecule has 0 radical (unpaired) electrons. The zero-order valence-electron chi connectivity index (χ0n) is 27.9. The predicted molar refractivity (Wildman–Crippen MR) is 163 cm³/mol. The zero-order valence-corrected chi connectivity index (χ0v) is 27.9. The SMILES string of the molecule is C=C1CC[C@@H]2[C@](C)(CO[C@@H]3O[C@H](COC(C)=O)[C@H](OC(C)=O)[C@H](OC(C)=O)[C@H]3OC(C)=O)[C@H](O)CC[C@@]2(C)[C@@H]1/C=C/C1=CCOC1=O. The number of aliphatic hydroxyl groups excluding tert-OH is 1. The first-order chi connectivity index (χ1) is 22.1. The Labute approximate surface area is 274 Å². The number of allylic oxidation sites excluding steroid dienone is 2. The molecule has 3 fully saturated rings. The number of carbonyl (C=O) groups excluding carboxylic acids is 5. The lowest BCUT2D eigenvalue weighted by atomic mass is 9.46. The highest BCUT2D eigenvalue weighted by atomic mass is 16.7. The van der Waals surface area contributed by atoms with Gasteiger partial charge in [-0.1, -0.05) is 38.2 Å². The highest BCUT2D eigenvalue weighted by Crippen LogP contribution is 2.61. The van der Waals surface area contributed by atoms with Crippen LogP contribution in [0.2, 0.25) is 0 Å². The summed E-state index contributed by atoms with van der Waals surface area (Å²) in [5.41, 5.74) is 0.346. The average molecular weight is 663 g/mol. The molecule has 2 saturated carbocycles. The van der Waals surface area contributed by atoms with Gasteiger partial charge in [0.2, 0.25) is 0 Å². The Morgan fingerprint density at radius 1 is 0.979 bits per heavy atom. The number of aliphatic hydroxyl groups is 1. The van der Waals surface area contributed by atoms with Crippen LogP contribution < -0.4 is 0 Å². The van der Waals surface area contributed by atoms with Gasteiger partial charge in [-0.3, -0.25) is 19.2 Å². The molecule has 4 aliphatic rings. The van der Waals surface area contributed by atoms with Crippen molar-refractivity contribution in [3.63, 3.8) is 0 Å². The summed E-state index contributed by atoms with van der Waals surface area (Å²) in [5, 5.41) is 11.5. The summed E-state index contributed by atoms with van der Waals surface area (Å²) in [4.78, 5) is 60.3. The Kier molecular flexibility index (Phi) is 11.3. The minimum absolute atomic E-state index is 0.0530. The van der Waals surface area contributed by atoms with Crippen molar-refractivity contribution in [1.82, 2.24) is 0 Å². The van der Waals surface area contributed by atoms with Crippen molar-refractivity contribution in [3.8, 4) is 0 Å². The molecule has 1 N–H and O–H groups in total. The number of carbonyl (C=O) groups is 5. The number of cyclic esters (lactones) is 1. The van der Waals surface area contributed by atoms with Crippen molar-refractivity contribution in [2.45, 2.75) is 104 Å². The molecule has 13 nitrogen and oxygen atoms in total. The van der Waals surface area contributed by atoms with Gasteiger partial charge < -0.3 is 38.3 Å². The predicted octanol–water partition coefficient (Wildman–Crippen LogP) is 2.88. The van der Waals surface area contributed by atoms with Crippen molar-refractivity contribution >= 4 is 29.8 Å². The van der Waals surface area contributed by atoms with E-state index in [4.69, 9.17) is 33.2 Å². The van der Waals surface area contributed by atoms with E-state index in [0.29, 0.717) is 24.8 Å². The van der Waals surface area contributed by atoms with Crippen LogP contribution in [0.25, 0.3) is 0 Å². The Bertz CT molecular complexity index is 1320. The lowest BCUT2D eigenvalue weighted by Crippen LogP contribution is -2.64. The Balaban J connectivity index is 1.65. The molecule has 0 amide bonds. The third-order valence-corrected chi connectivity index (χ3v) is 9.94. The standard InChI is InChI=1S/C34H46O13/c1-18-8-11-26-33(6,24(18)10-9-23-13-15-41-31(23)40)14-12-27(39)34(26,7)17-43-32-30(46-22(5)38)29(45-21(4)37)28(44-20(3)36)25(47-32)16-42-19(2)35/h9-10,13,24-30,32,39H,1,8,11-12,14-17H2,2-7H3/b10-9+/t24-,25-,26+,27-,28+,29+,30-,32-,33+,34+/m1/s1. The highest BCUT2D eigenvalue weighted by molar-refractivity contribution is 5.93. The van der Waals surface area contributed by atoms with Gasteiger partial charge >= 0.3 is 29.8 Å². The monoisotopic (exact) mass is 662 g/mol. The van der Waals surface area contributed by atoms with E-state index in [0.717, 1.165) is 32.8 Å². The van der Waals surface area contributed by atoms with E-state index >= 15 is 0 Å². The molecule has 0 spiro atoms.